The first-order valence-corrected chi connectivity index (χ1v) is 9.28. The first kappa shape index (κ1) is 20.2. The van der Waals surface area contributed by atoms with Gasteiger partial charge in [-0.1, -0.05) is 40.0 Å². The first-order chi connectivity index (χ1) is 12.3. The van der Waals surface area contributed by atoms with Gasteiger partial charge in [0.2, 0.25) is 5.91 Å². The summed E-state index contributed by atoms with van der Waals surface area (Å²) >= 11 is 0. The Kier molecular flexibility index (Phi) is 6.26. The molecule has 0 radical (unpaired) electrons. The predicted octanol–water partition coefficient (Wildman–Crippen LogP) is 1.19. The molecular formula is C18H29N3O5. The van der Waals surface area contributed by atoms with E-state index in [0.29, 0.717) is 12.8 Å². The van der Waals surface area contributed by atoms with Crippen LogP contribution < -0.4 is 10.6 Å². The summed E-state index contributed by atoms with van der Waals surface area (Å²) in [7, 11) is 1.26. The Morgan fingerprint density at radius 2 is 2.08 bits per heavy atom. The summed E-state index contributed by atoms with van der Waals surface area (Å²) in [6.45, 7) is 5.28. The van der Waals surface area contributed by atoms with E-state index in [4.69, 9.17) is 4.74 Å². The van der Waals surface area contributed by atoms with Gasteiger partial charge in [-0.05, 0) is 24.7 Å². The van der Waals surface area contributed by atoms with Crippen LogP contribution in [0, 0.1) is 11.8 Å². The minimum absolute atomic E-state index is 0.0312. The molecule has 0 aromatic rings. The van der Waals surface area contributed by atoms with Crippen molar-refractivity contribution in [1.82, 2.24) is 15.5 Å². The third-order valence-electron chi connectivity index (χ3n) is 5.79. The van der Waals surface area contributed by atoms with E-state index >= 15 is 0 Å². The van der Waals surface area contributed by atoms with Crippen molar-refractivity contribution >= 4 is 23.8 Å². The molecule has 1 heterocycles. The van der Waals surface area contributed by atoms with Gasteiger partial charge >= 0.3 is 12.0 Å². The molecule has 2 aliphatic rings. The number of hydrogen-bond acceptors (Lipinski definition) is 5. The van der Waals surface area contributed by atoms with Crippen molar-refractivity contribution in [2.75, 3.05) is 13.7 Å². The second-order valence-electron chi connectivity index (χ2n) is 7.39. The van der Waals surface area contributed by atoms with Crippen molar-refractivity contribution in [1.29, 1.82) is 0 Å². The maximum absolute atomic E-state index is 12.9. The summed E-state index contributed by atoms with van der Waals surface area (Å²) < 4.78 is 4.74. The number of ether oxygens (including phenoxy) is 1. The fourth-order valence-corrected chi connectivity index (χ4v) is 3.80. The summed E-state index contributed by atoms with van der Waals surface area (Å²) in [5.41, 5.74) is -0.895. The molecule has 4 unspecified atom stereocenters. The lowest BCUT2D eigenvalue weighted by molar-refractivity contribution is -0.146. The molecule has 2 rings (SSSR count). The van der Waals surface area contributed by atoms with Crippen molar-refractivity contribution < 1.29 is 23.9 Å². The topological polar surface area (TPSA) is 105 Å². The van der Waals surface area contributed by atoms with Gasteiger partial charge in [0.25, 0.3) is 5.91 Å². The normalized spacial score (nSPS) is 27.8. The zero-order chi connectivity index (χ0) is 19.5. The molecular weight excluding hydrogens is 338 g/mol. The average molecular weight is 367 g/mol. The molecule has 0 bridgehead atoms. The molecule has 2 fully saturated rings. The van der Waals surface area contributed by atoms with E-state index in [0.717, 1.165) is 24.2 Å². The van der Waals surface area contributed by atoms with E-state index in [2.05, 4.69) is 10.6 Å². The van der Waals surface area contributed by atoms with E-state index in [1.54, 1.807) is 0 Å². The van der Waals surface area contributed by atoms with Gasteiger partial charge in [-0.15, -0.1) is 0 Å². The predicted molar refractivity (Wildman–Crippen MR) is 94.0 cm³/mol. The van der Waals surface area contributed by atoms with Crippen molar-refractivity contribution in [2.45, 2.75) is 64.5 Å². The molecule has 0 aromatic heterocycles. The number of methoxy groups -OCH3 is 1. The number of urea groups is 1. The van der Waals surface area contributed by atoms with Gasteiger partial charge in [-0.2, -0.15) is 0 Å². The number of imide groups is 1. The SMILES string of the molecule is CCC(C)C(NC(=O)CN1C(=O)NC2(CCCCC2C)C1=O)C(=O)OC. The Hall–Kier alpha value is -2.12. The van der Waals surface area contributed by atoms with Crippen LogP contribution >= 0.6 is 0 Å². The van der Waals surface area contributed by atoms with Crippen LogP contribution in [0.4, 0.5) is 4.79 Å². The summed E-state index contributed by atoms with van der Waals surface area (Å²) in [4.78, 5) is 50.5. The van der Waals surface area contributed by atoms with Crippen LogP contribution in [0.25, 0.3) is 0 Å². The number of nitrogens with zero attached hydrogens (tertiary/aromatic N) is 1. The Labute approximate surface area is 154 Å². The van der Waals surface area contributed by atoms with Crippen LogP contribution in [0.3, 0.4) is 0 Å². The molecule has 8 heteroatoms. The highest BCUT2D eigenvalue weighted by Crippen LogP contribution is 2.38. The van der Waals surface area contributed by atoms with Crippen molar-refractivity contribution in [3.8, 4) is 0 Å². The number of carbonyl (C=O) groups is 4. The third kappa shape index (κ3) is 3.68. The molecule has 4 amide bonds. The van der Waals surface area contributed by atoms with Crippen LogP contribution in [0.2, 0.25) is 0 Å². The lowest BCUT2D eigenvalue weighted by Gasteiger charge is -2.36. The molecule has 2 N–H and O–H groups in total. The second-order valence-corrected chi connectivity index (χ2v) is 7.39. The Bertz CT molecular complexity index is 593. The summed E-state index contributed by atoms with van der Waals surface area (Å²) in [5.74, 6) is -1.53. The van der Waals surface area contributed by atoms with Gasteiger partial charge < -0.3 is 15.4 Å². The molecule has 26 heavy (non-hydrogen) atoms. The highest BCUT2D eigenvalue weighted by Gasteiger charge is 2.55. The first-order valence-electron chi connectivity index (χ1n) is 9.28. The van der Waals surface area contributed by atoms with Crippen LogP contribution in [0.5, 0.6) is 0 Å². The van der Waals surface area contributed by atoms with Gasteiger partial charge in [0, 0.05) is 0 Å². The number of amides is 4. The molecule has 1 saturated heterocycles. The Morgan fingerprint density at radius 1 is 1.38 bits per heavy atom. The Morgan fingerprint density at radius 3 is 2.65 bits per heavy atom. The monoisotopic (exact) mass is 367 g/mol. The highest BCUT2D eigenvalue weighted by molar-refractivity contribution is 6.09. The van der Waals surface area contributed by atoms with E-state index in [9.17, 15) is 19.2 Å². The second kappa shape index (κ2) is 8.05. The molecule has 1 aliphatic heterocycles. The van der Waals surface area contributed by atoms with Gasteiger partial charge in [0.1, 0.15) is 18.1 Å². The van der Waals surface area contributed by atoms with E-state index in [1.165, 1.54) is 7.11 Å². The van der Waals surface area contributed by atoms with Gasteiger partial charge in [0.05, 0.1) is 7.11 Å². The molecule has 1 aliphatic carbocycles. The van der Waals surface area contributed by atoms with Crippen molar-refractivity contribution in [3.63, 3.8) is 0 Å². The quantitative estimate of drug-likeness (QED) is 0.542. The minimum atomic E-state index is -0.895. The fourth-order valence-electron chi connectivity index (χ4n) is 3.80. The van der Waals surface area contributed by atoms with Gasteiger partial charge in [-0.25, -0.2) is 9.59 Å². The lowest BCUT2D eigenvalue weighted by Crippen LogP contribution is -2.54. The van der Waals surface area contributed by atoms with E-state index < -0.39 is 36.0 Å². The number of esters is 1. The summed E-state index contributed by atoms with van der Waals surface area (Å²) in [5, 5.41) is 5.41. The molecule has 146 valence electrons. The number of carbonyl (C=O) groups excluding carboxylic acids is 4. The molecule has 8 nitrogen and oxygen atoms in total. The zero-order valence-corrected chi connectivity index (χ0v) is 16.0. The number of nitrogens with one attached hydrogen (secondary N) is 2. The smallest absolute Gasteiger partial charge is 0.328 e. The molecule has 1 saturated carbocycles. The summed E-state index contributed by atoms with van der Waals surface area (Å²) in [6.07, 6.45) is 4.03. The van der Waals surface area contributed by atoms with Crippen molar-refractivity contribution in [3.05, 3.63) is 0 Å². The fraction of sp³-hybridized carbons (Fsp3) is 0.778. The average Bonchev–Trinajstić information content (AvgIpc) is 2.86. The minimum Gasteiger partial charge on any atom is -0.467 e. The number of hydrogen-bond donors (Lipinski definition) is 2. The van der Waals surface area contributed by atoms with Crippen molar-refractivity contribution in [2.24, 2.45) is 11.8 Å². The third-order valence-corrected chi connectivity index (χ3v) is 5.79. The molecule has 1 spiro atoms. The lowest BCUT2D eigenvalue weighted by atomic mass is 9.73. The van der Waals surface area contributed by atoms with Crippen LogP contribution in [-0.2, 0) is 19.1 Å². The maximum atomic E-state index is 12.9. The van der Waals surface area contributed by atoms with Crippen LogP contribution in [-0.4, -0.2) is 54.0 Å². The van der Waals surface area contributed by atoms with Gasteiger partial charge in [0.15, 0.2) is 0 Å². The van der Waals surface area contributed by atoms with Crippen LogP contribution in [0.1, 0.15) is 52.9 Å². The summed E-state index contributed by atoms with van der Waals surface area (Å²) in [6, 6.07) is -1.35. The highest BCUT2D eigenvalue weighted by atomic mass is 16.5. The standard InChI is InChI=1S/C18H29N3O5/c1-5-11(2)14(15(23)26-4)19-13(22)10-21-16(24)18(20-17(21)25)9-7-6-8-12(18)3/h11-12,14H,5-10H2,1-4H3,(H,19,22)(H,20,25). The van der Waals surface area contributed by atoms with E-state index in [-0.39, 0.29) is 17.7 Å². The molecule has 4 atom stereocenters. The van der Waals surface area contributed by atoms with Gasteiger partial charge in [-0.3, -0.25) is 14.5 Å². The maximum Gasteiger partial charge on any atom is 0.328 e. The Balaban J connectivity index is 2.07. The largest absolute Gasteiger partial charge is 0.467 e. The van der Waals surface area contributed by atoms with E-state index in [1.807, 2.05) is 20.8 Å². The zero-order valence-electron chi connectivity index (χ0n) is 16.0. The number of rotatable bonds is 6. The molecule has 0 aromatic carbocycles. The van der Waals surface area contributed by atoms with Crippen LogP contribution in [0.15, 0.2) is 0 Å².